The van der Waals surface area contributed by atoms with Crippen molar-refractivity contribution in [2.45, 2.75) is 12.8 Å². The molecule has 0 saturated heterocycles. The molecule has 130 valence electrons. The summed E-state index contributed by atoms with van der Waals surface area (Å²) in [6.45, 7) is 2.08. The van der Waals surface area contributed by atoms with Gasteiger partial charge in [0.2, 0.25) is 0 Å². The van der Waals surface area contributed by atoms with Crippen molar-refractivity contribution in [2.75, 3.05) is 33.9 Å². The minimum Gasteiger partial charge on any atom is -0.494 e. The van der Waals surface area contributed by atoms with Gasteiger partial charge in [-0.15, -0.1) is 11.3 Å². The summed E-state index contributed by atoms with van der Waals surface area (Å²) in [7, 11) is 4.02. The number of carboxylic acid groups (broad SMARTS) is 1. The lowest BCUT2D eigenvalue weighted by molar-refractivity contribution is 0.0691. The minimum absolute atomic E-state index is 0.112. The summed E-state index contributed by atoms with van der Waals surface area (Å²) < 4.78 is 11.3. The third kappa shape index (κ3) is 6.17. The first-order valence-corrected chi connectivity index (χ1v) is 8.60. The fourth-order valence-corrected chi connectivity index (χ4v) is 2.73. The van der Waals surface area contributed by atoms with Crippen LogP contribution in [0.25, 0.3) is 0 Å². The van der Waals surface area contributed by atoms with E-state index in [1.54, 1.807) is 5.38 Å². The van der Waals surface area contributed by atoms with Crippen molar-refractivity contribution >= 4 is 17.3 Å². The number of aromatic nitrogens is 1. The fourth-order valence-electron chi connectivity index (χ4n) is 1.92. The highest BCUT2D eigenvalue weighted by Crippen LogP contribution is 2.18. The molecule has 1 heterocycles. The predicted molar refractivity (Wildman–Crippen MR) is 93.4 cm³/mol. The van der Waals surface area contributed by atoms with E-state index in [9.17, 15) is 4.79 Å². The maximum Gasteiger partial charge on any atom is 0.355 e. The monoisotopic (exact) mass is 350 g/mol. The Balaban J connectivity index is 1.67. The van der Waals surface area contributed by atoms with E-state index in [1.165, 1.54) is 11.3 Å². The Kier molecular flexibility index (Phi) is 7.02. The van der Waals surface area contributed by atoms with Crippen LogP contribution in [-0.2, 0) is 6.42 Å². The predicted octanol–water partition coefficient (Wildman–Crippen LogP) is 2.79. The van der Waals surface area contributed by atoms with Crippen LogP contribution in [-0.4, -0.2) is 54.8 Å². The van der Waals surface area contributed by atoms with Crippen molar-refractivity contribution in [3.05, 3.63) is 40.3 Å². The Morgan fingerprint density at radius 2 is 1.79 bits per heavy atom. The molecule has 1 aromatic heterocycles. The Morgan fingerprint density at radius 3 is 2.33 bits per heavy atom. The van der Waals surface area contributed by atoms with Crippen LogP contribution in [0.15, 0.2) is 29.6 Å². The molecule has 0 fully saturated rings. The zero-order valence-electron chi connectivity index (χ0n) is 13.9. The van der Waals surface area contributed by atoms with Crippen LogP contribution in [0.3, 0.4) is 0 Å². The van der Waals surface area contributed by atoms with Gasteiger partial charge in [-0.25, -0.2) is 9.78 Å². The highest BCUT2D eigenvalue weighted by atomic mass is 32.1. The number of rotatable bonds is 10. The van der Waals surface area contributed by atoms with E-state index < -0.39 is 5.97 Å². The van der Waals surface area contributed by atoms with Crippen LogP contribution in [0.1, 0.15) is 21.9 Å². The van der Waals surface area contributed by atoms with Crippen LogP contribution < -0.4 is 9.47 Å². The fraction of sp³-hybridized carbons (Fsp3) is 0.412. The summed E-state index contributed by atoms with van der Waals surface area (Å²) in [5, 5.41) is 11.2. The summed E-state index contributed by atoms with van der Waals surface area (Å²) >= 11 is 1.37. The molecule has 0 spiro atoms. The zero-order chi connectivity index (χ0) is 17.4. The van der Waals surface area contributed by atoms with E-state index in [4.69, 9.17) is 14.6 Å². The van der Waals surface area contributed by atoms with Crippen LogP contribution in [0, 0.1) is 0 Å². The second kappa shape index (κ2) is 9.24. The molecule has 2 aromatic rings. The largest absolute Gasteiger partial charge is 0.494 e. The number of aryl methyl sites for hydroxylation is 1. The van der Waals surface area contributed by atoms with Gasteiger partial charge in [-0.3, -0.25) is 0 Å². The highest BCUT2D eigenvalue weighted by molar-refractivity contribution is 7.09. The van der Waals surface area contributed by atoms with Crippen molar-refractivity contribution < 1.29 is 19.4 Å². The number of ether oxygens (including phenoxy) is 2. The standard InChI is InChI=1S/C17H22N2O4S/c1-19(2)9-11-23-14-7-5-13(6-8-14)22-10-3-4-16-18-15(12-24-16)17(20)21/h5-8,12H,3-4,9-11H2,1-2H3,(H,20,21). The zero-order valence-corrected chi connectivity index (χ0v) is 14.7. The van der Waals surface area contributed by atoms with Crippen LogP contribution in [0.4, 0.5) is 0 Å². The maximum absolute atomic E-state index is 10.8. The molecule has 2 rings (SSSR count). The van der Waals surface area contributed by atoms with E-state index in [0.717, 1.165) is 29.5 Å². The van der Waals surface area contributed by atoms with Crippen molar-refractivity contribution in [1.29, 1.82) is 0 Å². The summed E-state index contributed by atoms with van der Waals surface area (Å²) in [6.07, 6.45) is 1.50. The molecule has 0 atom stereocenters. The van der Waals surface area contributed by atoms with Gasteiger partial charge in [-0.1, -0.05) is 0 Å². The van der Waals surface area contributed by atoms with Crippen molar-refractivity contribution in [3.8, 4) is 11.5 Å². The van der Waals surface area contributed by atoms with Gasteiger partial charge in [-0.05, 0) is 44.8 Å². The molecule has 0 amide bonds. The molecule has 0 aliphatic rings. The maximum atomic E-state index is 10.8. The molecule has 7 heteroatoms. The van der Waals surface area contributed by atoms with Crippen molar-refractivity contribution in [1.82, 2.24) is 9.88 Å². The summed E-state index contributed by atoms with van der Waals surface area (Å²) in [6, 6.07) is 7.56. The van der Waals surface area contributed by atoms with Crippen molar-refractivity contribution in [2.24, 2.45) is 0 Å². The van der Waals surface area contributed by atoms with Crippen LogP contribution in [0.5, 0.6) is 11.5 Å². The number of carboxylic acids is 1. The van der Waals surface area contributed by atoms with E-state index in [2.05, 4.69) is 9.88 Å². The number of benzene rings is 1. The molecule has 0 aliphatic heterocycles. The quantitative estimate of drug-likeness (QED) is 0.664. The summed E-state index contributed by atoms with van der Waals surface area (Å²) in [5.74, 6) is 0.634. The molecule has 0 bridgehead atoms. The number of likely N-dealkylation sites (N-methyl/N-ethyl adjacent to an activating group) is 1. The van der Waals surface area contributed by atoms with Crippen molar-refractivity contribution in [3.63, 3.8) is 0 Å². The van der Waals surface area contributed by atoms with E-state index in [1.807, 2.05) is 38.4 Å². The average Bonchev–Trinajstić information content (AvgIpc) is 3.02. The van der Waals surface area contributed by atoms with Gasteiger partial charge < -0.3 is 19.5 Å². The molecule has 0 unspecified atom stereocenters. The van der Waals surface area contributed by atoms with Gasteiger partial charge in [0.05, 0.1) is 11.6 Å². The number of hydrogen-bond acceptors (Lipinski definition) is 6. The van der Waals surface area contributed by atoms with Crippen LogP contribution in [0.2, 0.25) is 0 Å². The highest BCUT2D eigenvalue weighted by Gasteiger charge is 2.08. The number of thiazole rings is 1. The lowest BCUT2D eigenvalue weighted by Gasteiger charge is -2.11. The molecule has 0 saturated carbocycles. The first-order chi connectivity index (χ1) is 11.5. The van der Waals surface area contributed by atoms with E-state index in [0.29, 0.717) is 19.6 Å². The number of hydrogen-bond donors (Lipinski definition) is 1. The number of nitrogens with zero attached hydrogens (tertiary/aromatic N) is 2. The van der Waals surface area contributed by atoms with Gasteiger partial charge in [-0.2, -0.15) is 0 Å². The Bertz CT molecular complexity index is 640. The molecule has 1 N–H and O–H groups in total. The third-order valence-corrected chi connectivity index (χ3v) is 4.11. The molecule has 0 radical (unpaired) electrons. The van der Waals surface area contributed by atoms with Gasteiger partial charge in [0, 0.05) is 18.3 Å². The van der Waals surface area contributed by atoms with Gasteiger partial charge in [0.25, 0.3) is 0 Å². The second-order valence-corrected chi connectivity index (χ2v) is 6.45. The molecule has 6 nitrogen and oxygen atoms in total. The molecule has 1 aromatic carbocycles. The summed E-state index contributed by atoms with van der Waals surface area (Å²) in [4.78, 5) is 16.9. The van der Waals surface area contributed by atoms with E-state index >= 15 is 0 Å². The molecule has 24 heavy (non-hydrogen) atoms. The normalized spacial score (nSPS) is 10.8. The van der Waals surface area contributed by atoms with Gasteiger partial charge >= 0.3 is 5.97 Å². The topological polar surface area (TPSA) is 71.9 Å². The number of carbonyl (C=O) groups is 1. The van der Waals surface area contributed by atoms with Gasteiger partial charge in [0.15, 0.2) is 5.69 Å². The smallest absolute Gasteiger partial charge is 0.355 e. The Morgan fingerprint density at radius 1 is 1.17 bits per heavy atom. The summed E-state index contributed by atoms with van der Waals surface area (Å²) in [5.41, 5.74) is 0.112. The lowest BCUT2D eigenvalue weighted by atomic mass is 10.3. The first kappa shape index (κ1) is 18.2. The third-order valence-electron chi connectivity index (χ3n) is 3.21. The molecule has 0 aliphatic carbocycles. The first-order valence-electron chi connectivity index (χ1n) is 7.72. The molecular weight excluding hydrogens is 328 g/mol. The minimum atomic E-state index is -0.985. The average molecular weight is 350 g/mol. The second-order valence-electron chi connectivity index (χ2n) is 5.51. The SMILES string of the molecule is CN(C)CCOc1ccc(OCCCc2nc(C(=O)O)cs2)cc1. The Labute approximate surface area is 145 Å². The van der Waals surface area contributed by atoms with Gasteiger partial charge in [0.1, 0.15) is 18.1 Å². The molecular formula is C17H22N2O4S. The van der Waals surface area contributed by atoms with Crippen LogP contribution >= 0.6 is 11.3 Å². The lowest BCUT2D eigenvalue weighted by Crippen LogP contribution is -2.19. The number of aromatic carboxylic acids is 1. The van der Waals surface area contributed by atoms with E-state index in [-0.39, 0.29) is 5.69 Å². The Hall–Kier alpha value is -2.12.